The van der Waals surface area contributed by atoms with E-state index in [0.717, 1.165) is 10.2 Å². The summed E-state index contributed by atoms with van der Waals surface area (Å²) in [4.78, 5) is 16.9. The number of benzene rings is 1. The van der Waals surface area contributed by atoms with Gasteiger partial charge < -0.3 is 5.32 Å². The minimum Gasteiger partial charge on any atom is -0.345 e. The number of amides is 1. The Balaban J connectivity index is 1.52. The molecular weight excluding hydrogens is 526 g/mol. The first kappa shape index (κ1) is 19.7. The van der Waals surface area contributed by atoms with Crippen molar-refractivity contribution in [1.29, 1.82) is 0 Å². The van der Waals surface area contributed by atoms with Gasteiger partial charge in [0.2, 0.25) is 0 Å². The summed E-state index contributed by atoms with van der Waals surface area (Å²) in [5.74, 6) is 0.0188. The van der Waals surface area contributed by atoms with Crippen LogP contribution in [0.5, 0.6) is 0 Å². The van der Waals surface area contributed by atoms with Crippen LogP contribution in [0.4, 0.5) is 0 Å². The summed E-state index contributed by atoms with van der Waals surface area (Å²) in [6.07, 6.45) is 3.34. The van der Waals surface area contributed by atoms with Crippen molar-refractivity contribution in [3.05, 3.63) is 80.3 Å². The van der Waals surface area contributed by atoms with Crippen LogP contribution in [0.3, 0.4) is 0 Å². The molecule has 1 amide bonds. The van der Waals surface area contributed by atoms with Gasteiger partial charge in [0, 0.05) is 16.7 Å². The van der Waals surface area contributed by atoms with Crippen LogP contribution in [-0.2, 0) is 6.54 Å². The maximum absolute atomic E-state index is 12.7. The van der Waals surface area contributed by atoms with Gasteiger partial charge in [-0.15, -0.1) is 5.10 Å². The molecule has 8 nitrogen and oxygen atoms in total. The van der Waals surface area contributed by atoms with Gasteiger partial charge in [-0.3, -0.25) is 4.79 Å². The Morgan fingerprint density at radius 3 is 2.79 bits per heavy atom. The van der Waals surface area contributed by atoms with E-state index in [1.54, 1.807) is 35.3 Å². The van der Waals surface area contributed by atoms with E-state index in [4.69, 9.17) is 11.6 Å². The minimum atomic E-state index is -0.347. The van der Waals surface area contributed by atoms with Gasteiger partial charge in [0.15, 0.2) is 5.82 Å². The highest BCUT2D eigenvalue weighted by molar-refractivity contribution is 9.10. The molecule has 3 heterocycles. The molecule has 4 aromatic rings. The molecule has 0 atom stereocenters. The summed E-state index contributed by atoms with van der Waals surface area (Å²) < 4.78 is 4.41. The van der Waals surface area contributed by atoms with E-state index in [-0.39, 0.29) is 18.1 Å². The number of aromatic nitrogens is 6. The summed E-state index contributed by atoms with van der Waals surface area (Å²) in [7, 11) is 0. The smallest absolute Gasteiger partial charge is 0.270 e. The van der Waals surface area contributed by atoms with Gasteiger partial charge in [-0.05, 0) is 56.1 Å². The van der Waals surface area contributed by atoms with Crippen molar-refractivity contribution in [1.82, 2.24) is 35.1 Å². The number of pyridine rings is 1. The van der Waals surface area contributed by atoms with Gasteiger partial charge in [-0.1, -0.05) is 28.9 Å². The largest absolute Gasteiger partial charge is 0.345 e. The van der Waals surface area contributed by atoms with Crippen LogP contribution < -0.4 is 5.32 Å². The fourth-order valence-electron chi connectivity index (χ4n) is 2.60. The number of carbonyl (C=O) groups excluding carboxylic acids is 1. The monoisotopic (exact) mass is 535 g/mol. The second-order valence-corrected chi connectivity index (χ2v) is 7.94. The SMILES string of the molecule is O=C(NCc1cn(-c2ccccc2Br)nn1)c1cc(Br)nn1-c1ncccc1Cl. The van der Waals surface area contributed by atoms with Crippen LogP contribution in [0.25, 0.3) is 11.5 Å². The van der Waals surface area contributed by atoms with Crippen molar-refractivity contribution >= 4 is 49.4 Å². The van der Waals surface area contributed by atoms with Gasteiger partial charge in [0.1, 0.15) is 16.0 Å². The molecule has 0 fully saturated rings. The Kier molecular flexibility index (Phi) is 5.74. The highest BCUT2D eigenvalue weighted by Gasteiger charge is 2.18. The minimum absolute atomic E-state index is 0.196. The third-order valence-electron chi connectivity index (χ3n) is 3.92. The average molecular weight is 538 g/mol. The van der Waals surface area contributed by atoms with Gasteiger partial charge in [0.25, 0.3) is 5.91 Å². The Morgan fingerprint density at radius 1 is 1.17 bits per heavy atom. The first-order valence-corrected chi connectivity index (χ1v) is 10.3. The molecule has 1 aromatic carbocycles. The third kappa shape index (κ3) is 4.24. The van der Waals surface area contributed by atoms with Gasteiger partial charge in [-0.25, -0.2) is 14.3 Å². The number of halogens is 3. The van der Waals surface area contributed by atoms with Gasteiger partial charge in [-0.2, -0.15) is 5.10 Å². The van der Waals surface area contributed by atoms with Crippen molar-refractivity contribution in [2.24, 2.45) is 0 Å². The first-order chi connectivity index (χ1) is 14.0. The third-order valence-corrected chi connectivity index (χ3v) is 5.28. The van der Waals surface area contributed by atoms with E-state index in [0.29, 0.717) is 21.1 Å². The predicted octanol–water partition coefficient (Wildman–Crippen LogP) is 3.96. The lowest BCUT2D eigenvalue weighted by Crippen LogP contribution is -2.26. The number of hydrogen-bond donors (Lipinski definition) is 1. The lowest BCUT2D eigenvalue weighted by molar-refractivity contribution is 0.0942. The van der Waals surface area contributed by atoms with Crippen molar-refractivity contribution in [3.8, 4) is 11.5 Å². The molecule has 29 heavy (non-hydrogen) atoms. The molecule has 0 bridgehead atoms. The summed E-state index contributed by atoms with van der Waals surface area (Å²) in [6.45, 7) is 0.196. The Bertz CT molecular complexity index is 1190. The molecule has 11 heteroatoms. The molecule has 0 aliphatic heterocycles. The zero-order chi connectivity index (χ0) is 20.4. The van der Waals surface area contributed by atoms with Crippen molar-refractivity contribution < 1.29 is 4.79 Å². The normalized spacial score (nSPS) is 10.9. The fraction of sp³-hybridized carbons (Fsp3) is 0.0556. The number of rotatable bonds is 5. The van der Waals surface area contributed by atoms with E-state index in [1.165, 1.54) is 4.68 Å². The molecule has 146 valence electrons. The summed E-state index contributed by atoms with van der Waals surface area (Å²) in [5, 5.41) is 15.7. The molecule has 3 aromatic heterocycles. The first-order valence-electron chi connectivity index (χ1n) is 8.33. The second kappa shape index (κ2) is 8.44. The quantitative estimate of drug-likeness (QED) is 0.416. The average Bonchev–Trinajstić information content (AvgIpc) is 3.33. The summed E-state index contributed by atoms with van der Waals surface area (Å²) in [6, 6.07) is 12.6. The molecule has 0 saturated carbocycles. The van der Waals surface area contributed by atoms with Crippen molar-refractivity contribution in [2.75, 3.05) is 0 Å². The van der Waals surface area contributed by atoms with Crippen molar-refractivity contribution in [2.45, 2.75) is 6.54 Å². The Morgan fingerprint density at radius 2 is 2.00 bits per heavy atom. The fourth-order valence-corrected chi connectivity index (χ4v) is 3.65. The lowest BCUT2D eigenvalue weighted by Gasteiger charge is -2.08. The van der Waals surface area contributed by atoms with Crippen LogP contribution in [0.2, 0.25) is 5.02 Å². The number of hydrogen-bond acceptors (Lipinski definition) is 5. The van der Waals surface area contributed by atoms with E-state index in [1.807, 2.05) is 24.3 Å². The van der Waals surface area contributed by atoms with Crippen LogP contribution in [0.15, 0.2) is 63.9 Å². The molecule has 0 aliphatic carbocycles. The zero-order valence-corrected chi connectivity index (χ0v) is 18.6. The summed E-state index contributed by atoms with van der Waals surface area (Å²) >= 11 is 13.0. The second-order valence-electron chi connectivity index (χ2n) is 5.86. The lowest BCUT2D eigenvalue weighted by atomic mass is 10.3. The van der Waals surface area contributed by atoms with Crippen LogP contribution >= 0.6 is 43.5 Å². The molecule has 4 rings (SSSR count). The number of nitrogens with zero attached hydrogens (tertiary/aromatic N) is 6. The van der Waals surface area contributed by atoms with Crippen LogP contribution in [0.1, 0.15) is 16.2 Å². The van der Waals surface area contributed by atoms with Crippen LogP contribution in [-0.4, -0.2) is 35.7 Å². The van der Waals surface area contributed by atoms with E-state index >= 15 is 0 Å². The van der Waals surface area contributed by atoms with Crippen molar-refractivity contribution in [3.63, 3.8) is 0 Å². The van der Waals surface area contributed by atoms with Crippen LogP contribution in [0, 0.1) is 0 Å². The maximum atomic E-state index is 12.7. The molecular formula is C18H12Br2ClN7O. The Hall–Kier alpha value is -2.56. The van der Waals surface area contributed by atoms with Gasteiger partial charge in [0.05, 0.1) is 23.5 Å². The van der Waals surface area contributed by atoms with E-state index < -0.39 is 0 Å². The maximum Gasteiger partial charge on any atom is 0.270 e. The molecule has 1 N–H and O–H groups in total. The van der Waals surface area contributed by atoms with E-state index in [2.05, 4.69) is 57.6 Å². The van der Waals surface area contributed by atoms with E-state index in [9.17, 15) is 4.79 Å². The predicted molar refractivity (Wildman–Crippen MR) is 114 cm³/mol. The standard InChI is InChI=1S/C18H12Br2ClN7O/c19-12-4-1-2-6-14(12)27-10-11(24-26-27)9-23-18(29)15-8-16(20)25-28(15)17-13(21)5-3-7-22-17/h1-8,10H,9H2,(H,23,29). The summed E-state index contributed by atoms with van der Waals surface area (Å²) in [5.41, 5.74) is 1.75. The number of carbonyl (C=O) groups is 1. The molecule has 0 saturated heterocycles. The molecule has 0 spiro atoms. The Labute approximate surface area is 187 Å². The molecule has 0 unspecified atom stereocenters. The highest BCUT2D eigenvalue weighted by Crippen LogP contribution is 2.22. The molecule has 0 radical (unpaired) electrons. The zero-order valence-electron chi connectivity index (χ0n) is 14.6. The van der Waals surface area contributed by atoms with Gasteiger partial charge >= 0.3 is 0 Å². The highest BCUT2D eigenvalue weighted by atomic mass is 79.9. The number of para-hydroxylation sites is 1. The topological polar surface area (TPSA) is 90.5 Å². The molecule has 0 aliphatic rings. The number of nitrogens with one attached hydrogen (secondary N) is 1.